The molecule has 0 bridgehead atoms. The number of ether oxygens (including phenoxy) is 1. The van der Waals surface area contributed by atoms with E-state index in [0.717, 1.165) is 5.57 Å². The van der Waals surface area contributed by atoms with Gasteiger partial charge in [-0.25, -0.2) is 4.90 Å². The summed E-state index contributed by atoms with van der Waals surface area (Å²) in [5.41, 5.74) is 1.96. The van der Waals surface area contributed by atoms with Crippen molar-refractivity contribution in [2.75, 3.05) is 31.2 Å². The average Bonchev–Trinajstić information content (AvgIpc) is 2.92. The quantitative estimate of drug-likeness (QED) is 0.602. The van der Waals surface area contributed by atoms with Crippen LogP contribution in [0, 0.1) is 11.8 Å². The first-order chi connectivity index (χ1) is 12.6. The van der Waals surface area contributed by atoms with Crippen LogP contribution in [0.4, 0.5) is 5.69 Å². The molecular formula is C20H22N2O4. The standard InChI is InChI=1S/C20H22N2O4/c1-13-6-7-14-16(12-13)20(25)22(19(14)24)17-5-3-2-4-15(17)18(23)21-8-10-26-11-9-21/h2-6,14,16H,7-12H2,1H3/t14-,16-/m0/s1. The lowest BCUT2D eigenvalue weighted by atomic mass is 9.82. The third-order valence-corrected chi connectivity index (χ3v) is 5.50. The van der Waals surface area contributed by atoms with Crippen LogP contribution in [0.15, 0.2) is 35.9 Å². The third kappa shape index (κ3) is 2.74. The Morgan fingerprint density at radius 3 is 2.54 bits per heavy atom. The van der Waals surface area contributed by atoms with Gasteiger partial charge in [0.1, 0.15) is 0 Å². The second-order valence-electron chi connectivity index (χ2n) is 7.14. The number of morpholine rings is 1. The van der Waals surface area contributed by atoms with E-state index in [2.05, 4.69) is 0 Å². The van der Waals surface area contributed by atoms with Gasteiger partial charge in [0.25, 0.3) is 5.91 Å². The summed E-state index contributed by atoms with van der Waals surface area (Å²) in [6.07, 6.45) is 3.25. The number of anilines is 1. The summed E-state index contributed by atoms with van der Waals surface area (Å²) in [5, 5.41) is 0. The topological polar surface area (TPSA) is 66.9 Å². The van der Waals surface area contributed by atoms with Crippen molar-refractivity contribution in [3.8, 4) is 0 Å². The molecule has 1 aromatic rings. The fourth-order valence-electron chi connectivity index (χ4n) is 4.06. The second-order valence-corrected chi connectivity index (χ2v) is 7.14. The first kappa shape index (κ1) is 17.0. The highest BCUT2D eigenvalue weighted by Gasteiger charge is 2.49. The van der Waals surface area contributed by atoms with Gasteiger partial charge in [-0.1, -0.05) is 23.8 Å². The minimum absolute atomic E-state index is 0.159. The molecule has 0 spiro atoms. The molecule has 4 rings (SSSR count). The van der Waals surface area contributed by atoms with Crippen molar-refractivity contribution < 1.29 is 19.1 Å². The van der Waals surface area contributed by atoms with E-state index in [1.54, 1.807) is 29.2 Å². The molecule has 6 nitrogen and oxygen atoms in total. The molecule has 0 radical (unpaired) electrons. The van der Waals surface area contributed by atoms with Crippen molar-refractivity contribution in [2.45, 2.75) is 19.8 Å². The van der Waals surface area contributed by atoms with Crippen LogP contribution in [-0.2, 0) is 14.3 Å². The summed E-state index contributed by atoms with van der Waals surface area (Å²) in [6.45, 7) is 4.04. The van der Waals surface area contributed by atoms with E-state index >= 15 is 0 Å². The summed E-state index contributed by atoms with van der Waals surface area (Å²) >= 11 is 0. The van der Waals surface area contributed by atoms with Gasteiger partial charge in [0, 0.05) is 13.1 Å². The van der Waals surface area contributed by atoms with Gasteiger partial charge < -0.3 is 9.64 Å². The van der Waals surface area contributed by atoms with Crippen molar-refractivity contribution in [3.05, 3.63) is 41.5 Å². The number of carbonyl (C=O) groups excluding carboxylic acids is 3. The predicted octanol–water partition coefficient (Wildman–Crippen LogP) is 2.00. The van der Waals surface area contributed by atoms with Crippen molar-refractivity contribution in [1.29, 1.82) is 0 Å². The zero-order valence-electron chi connectivity index (χ0n) is 14.8. The van der Waals surface area contributed by atoms with E-state index in [0.29, 0.717) is 50.4 Å². The molecule has 6 heteroatoms. The Morgan fingerprint density at radius 2 is 1.77 bits per heavy atom. The normalized spacial score (nSPS) is 26.0. The number of rotatable bonds is 2. The summed E-state index contributed by atoms with van der Waals surface area (Å²) in [6, 6.07) is 6.92. The van der Waals surface area contributed by atoms with Crippen LogP contribution in [0.3, 0.4) is 0 Å². The Kier molecular flexibility index (Phi) is 4.36. The van der Waals surface area contributed by atoms with Crippen molar-refractivity contribution in [1.82, 2.24) is 4.90 Å². The van der Waals surface area contributed by atoms with E-state index < -0.39 is 0 Å². The van der Waals surface area contributed by atoms with Crippen LogP contribution in [0.25, 0.3) is 0 Å². The SMILES string of the molecule is CC1=CC[C@@H]2C(=O)N(c3ccccc3C(=O)N3CCOCC3)C(=O)[C@H]2C1. The van der Waals surface area contributed by atoms with Gasteiger partial charge in [-0.15, -0.1) is 0 Å². The first-order valence-electron chi connectivity index (χ1n) is 9.07. The van der Waals surface area contributed by atoms with Crippen LogP contribution >= 0.6 is 0 Å². The molecule has 1 aromatic carbocycles. The van der Waals surface area contributed by atoms with Crippen molar-refractivity contribution in [3.63, 3.8) is 0 Å². The van der Waals surface area contributed by atoms with E-state index in [-0.39, 0.29) is 29.6 Å². The zero-order chi connectivity index (χ0) is 18.3. The Hall–Kier alpha value is -2.47. The smallest absolute Gasteiger partial charge is 0.256 e. The summed E-state index contributed by atoms with van der Waals surface area (Å²) in [5.74, 6) is -1.15. The summed E-state index contributed by atoms with van der Waals surface area (Å²) in [7, 11) is 0. The molecule has 0 saturated carbocycles. The monoisotopic (exact) mass is 354 g/mol. The molecule has 0 N–H and O–H groups in total. The van der Waals surface area contributed by atoms with Crippen molar-refractivity contribution >= 4 is 23.4 Å². The van der Waals surface area contributed by atoms with Gasteiger partial charge in [0.05, 0.1) is 36.3 Å². The molecule has 0 unspecified atom stereocenters. The largest absolute Gasteiger partial charge is 0.378 e. The molecule has 2 atom stereocenters. The summed E-state index contributed by atoms with van der Waals surface area (Å²) in [4.78, 5) is 41.8. The first-order valence-corrected chi connectivity index (χ1v) is 9.07. The van der Waals surface area contributed by atoms with Gasteiger partial charge in [0.2, 0.25) is 11.8 Å². The van der Waals surface area contributed by atoms with E-state index in [1.807, 2.05) is 13.0 Å². The van der Waals surface area contributed by atoms with Crippen LogP contribution < -0.4 is 4.90 Å². The fraction of sp³-hybridized carbons (Fsp3) is 0.450. The predicted molar refractivity (Wildman–Crippen MR) is 95.6 cm³/mol. The average molecular weight is 354 g/mol. The van der Waals surface area contributed by atoms with Gasteiger partial charge in [-0.05, 0) is 31.9 Å². The van der Waals surface area contributed by atoms with E-state index in [4.69, 9.17) is 4.74 Å². The van der Waals surface area contributed by atoms with Gasteiger partial charge >= 0.3 is 0 Å². The van der Waals surface area contributed by atoms with Gasteiger partial charge in [0.15, 0.2) is 0 Å². The number of carbonyl (C=O) groups is 3. The number of fused-ring (bicyclic) bond motifs is 1. The minimum atomic E-state index is -0.308. The zero-order valence-corrected chi connectivity index (χ0v) is 14.8. The minimum Gasteiger partial charge on any atom is -0.378 e. The van der Waals surface area contributed by atoms with Gasteiger partial charge in [-0.2, -0.15) is 0 Å². The number of benzene rings is 1. The lowest BCUT2D eigenvalue weighted by Crippen LogP contribution is -2.42. The van der Waals surface area contributed by atoms with Crippen LogP contribution in [-0.4, -0.2) is 48.9 Å². The number of hydrogen-bond acceptors (Lipinski definition) is 4. The second kappa shape index (κ2) is 6.68. The number of allylic oxidation sites excluding steroid dienone is 2. The molecule has 2 fully saturated rings. The number of hydrogen-bond donors (Lipinski definition) is 0. The Morgan fingerprint density at radius 1 is 1.08 bits per heavy atom. The lowest BCUT2D eigenvalue weighted by molar-refractivity contribution is -0.122. The summed E-state index contributed by atoms with van der Waals surface area (Å²) < 4.78 is 5.31. The van der Waals surface area contributed by atoms with E-state index in [1.165, 1.54) is 4.90 Å². The lowest BCUT2D eigenvalue weighted by Gasteiger charge is -2.28. The highest BCUT2D eigenvalue weighted by atomic mass is 16.5. The molecule has 0 aromatic heterocycles. The van der Waals surface area contributed by atoms with Crippen LogP contribution in [0.1, 0.15) is 30.1 Å². The molecular weight excluding hydrogens is 332 g/mol. The maximum absolute atomic E-state index is 13.0. The van der Waals surface area contributed by atoms with Crippen LogP contribution in [0.2, 0.25) is 0 Å². The number of para-hydroxylation sites is 1. The number of imide groups is 1. The van der Waals surface area contributed by atoms with Crippen molar-refractivity contribution in [2.24, 2.45) is 11.8 Å². The van der Waals surface area contributed by atoms with E-state index in [9.17, 15) is 14.4 Å². The fourth-order valence-corrected chi connectivity index (χ4v) is 4.06. The number of nitrogens with zero attached hydrogens (tertiary/aromatic N) is 2. The molecule has 2 saturated heterocycles. The number of amides is 3. The van der Waals surface area contributed by atoms with Gasteiger partial charge in [-0.3, -0.25) is 14.4 Å². The Balaban J connectivity index is 1.67. The third-order valence-electron chi connectivity index (χ3n) is 5.50. The Bertz CT molecular complexity index is 795. The molecule has 2 aliphatic heterocycles. The molecule has 2 heterocycles. The maximum Gasteiger partial charge on any atom is 0.256 e. The molecule has 1 aliphatic carbocycles. The highest BCUT2D eigenvalue weighted by molar-refractivity contribution is 6.24. The molecule has 3 amide bonds. The molecule has 3 aliphatic rings. The Labute approximate surface area is 152 Å². The highest BCUT2D eigenvalue weighted by Crippen LogP contribution is 2.40. The maximum atomic E-state index is 13.0. The molecule has 26 heavy (non-hydrogen) atoms. The van der Waals surface area contributed by atoms with Crippen LogP contribution in [0.5, 0.6) is 0 Å². The molecule has 136 valence electrons.